The summed E-state index contributed by atoms with van der Waals surface area (Å²) < 4.78 is 11.1. The summed E-state index contributed by atoms with van der Waals surface area (Å²) in [5.41, 5.74) is 2.48. The Morgan fingerprint density at radius 3 is 2.31 bits per heavy atom. The van der Waals surface area contributed by atoms with Crippen LogP contribution in [0.4, 0.5) is 0 Å². The highest BCUT2D eigenvalue weighted by Gasteiger charge is 2.11. The van der Waals surface area contributed by atoms with Crippen LogP contribution >= 0.6 is 0 Å². The Morgan fingerprint density at radius 2 is 1.62 bits per heavy atom. The average Bonchev–Trinajstić information content (AvgIpc) is 2.76. The molecule has 2 aromatic carbocycles. The van der Waals surface area contributed by atoms with Crippen LogP contribution in [0.1, 0.15) is 29.8 Å². The third-order valence-electron chi connectivity index (χ3n) is 4.24. The van der Waals surface area contributed by atoms with Gasteiger partial charge in [0.25, 0.3) is 5.91 Å². The lowest BCUT2D eigenvalue weighted by molar-refractivity contribution is 0.0953. The molecule has 3 rings (SSSR count). The van der Waals surface area contributed by atoms with Gasteiger partial charge < -0.3 is 14.8 Å². The van der Waals surface area contributed by atoms with Crippen LogP contribution < -0.4 is 14.8 Å². The summed E-state index contributed by atoms with van der Waals surface area (Å²) in [6, 6.07) is 15.0. The van der Waals surface area contributed by atoms with Crippen LogP contribution in [0, 0.1) is 0 Å². The first-order valence-electron chi connectivity index (χ1n) is 9.75. The second kappa shape index (κ2) is 10.2. The molecule has 0 aliphatic rings. The zero-order valence-electron chi connectivity index (χ0n) is 16.7. The van der Waals surface area contributed by atoms with Crippen LogP contribution in [0.25, 0.3) is 11.4 Å². The summed E-state index contributed by atoms with van der Waals surface area (Å²) in [7, 11) is 0. The smallest absolute Gasteiger partial charge is 0.251 e. The second-order valence-corrected chi connectivity index (χ2v) is 6.31. The van der Waals surface area contributed by atoms with Crippen molar-refractivity contribution in [2.45, 2.75) is 20.3 Å². The molecule has 3 aromatic rings. The van der Waals surface area contributed by atoms with Gasteiger partial charge in [-0.3, -0.25) is 4.79 Å². The molecule has 0 saturated carbocycles. The van der Waals surface area contributed by atoms with Crippen molar-refractivity contribution in [1.29, 1.82) is 0 Å². The van der Waals surface area contributed by atoms with Crippen molar-refractivity contribution in [3.05, 3.63) is 72.1 Å². The highest BCUT2D eigenvalue weighted by Crippen LogP contribution is 2.28. The molecule has 29 heavy (non-hydrogen) atoms. The predicted octanol–water partition coefficient (Wildman–Crippen LogP) is 3.91. The fourth-order valence-electron chi connectivity index (χ4n) is 2.83. The summed E-state index contributed by atoms with van der Waals surface area (Å²) in [5, 5.41) is 2.92. The Bertz CT molecular complexity index is 928. The Labute approximate surface area is 170 Å². The van der Waals surface area contributed by atoms with Gasteiger partial charge in [-0.15, -0.1) is 0 Å². The predicted molar refractivity (Wildman–Crippen MR) is 112 cm³/mol. The average molecular weight is 391 g/mol. The van der Waals surface area contributed by atoms with Gasteiger partial charge in [0.05, 0.1) is 13.2 Å². The quantitative estimate of drug-likeness (QED) is 0.599. The lowest BCUT2D eigenvalue weighted by Gasteiger charge is -2.12. The lowest BCUT2D eigenvalue weighted by Crippen LogP contribution is -2.25. The van der Waals surface area contributed by atoms with E-state index in [4.69, 9.17) is 9.47 Å². The van der Waals surface area contributed by atoms with E-state index in [0.717, 1.165) is 11.1 Å². The van der Waals surface area contributed by atoms with Gasteiger partial charge in [-0.05, 0) is 44.0 Å². The van der Waals surface area contributed by atoms with Crippen molar-refractivity contribution in [2.75, 3.05) is 19.8 Å². The zero-order chi connectivity index (χ0) is 20.5. The molecule has 150 valence electrons. The first kappa shape index (κ1) is 20.3. The molecule has 0 unspecified atom stereocenters. The summed E-state index contributed by atoms with van der Waals surface area (Å²) in [4.78, 5) is 21.3. The maximum Gasteiger partial charge on any atom is 0.251 e. The van der Waals surface area contributed by atoms with Gasteiger partial charge in [-0.1, -0.05) is 30.3 Å². The molecule has 0 aliphatic carbocycles. The highest BCUT2D eigenvalue weighted by molar-refractivity contribution is 5.94. The standard InChI is InChI=1S/C23H25N3O3/c1-3-28-20-11-10-19(14-21(20)29-4-2)23(27)24-13-12-17-15-25-22(26-16-17)18-8-6-5-7-9-18/h5-11,14-16H,3-4,12-13H2,1-2H3,(H,24,27). The fraction of sp³-hybridized carbons (Fsp3) is 0.261. The molecule has 0 radical (unpaired) electrons. The van der Waals surface area contributed by atoms with E-state index < -0.39 is 0 Å². The van der Waals surface area contributed by atoms with E-state index >= 15 is 0 Å². The number of rotatable bonds is 9. The minimum Gasteiger partial charge on any atom is -0.490 e. The van der Waals surface area contributed by atoms with Crippen molar-refractivity contribution >= 4 is 5.91 Å². The minimum atomic E-state index is -0.157. The fourth-order valence-corrected chi connectivity index (χ4v) is 2.83. The number of benzene rings is 2. The zero-order valence-corrected chi connectivity index (χ0v) is 16.7. The number of nitrogens with one attached hydrogen (secondary N) is 1. The SMILES string of the molecule is CCOc1ccc(C(=O)NCCc2cnc(-c3ccccc3)nc2)cc1OCC. The van der Waals surface area contributed by atoms with Crippen LogP contribution in [-0.2, 0) is 6.42 Å². The van der Waals surface area contributed by atoms with Crippen LogP contribution in [0.2, 0.25) is 0 Å². The maximum atomic E-state index is 12.5. The van der Waals surface area contributed by atoms with E-state index in [9.17, 15) is 4.79 Å². The summed E-state index contributed by atoms with van der Waals surface area (Å²) in [6.45, 7) is 5.34. The molecular weight excluding hydrogens is 366 g/mol. The largest absolute Gasteiger partial charge is 0.490 e. The van der Waals surface area contributed by atoms with Gasteiger partial charge in [-0.25, -0.2) is 9.97 Å². The number of aromatic nitrogens is 2. The molecule has 0 atom stereocenters. The van der Waals surface area contributed by atoms with Crippen molar-refractivity contribution in [3.8, 4) is 22.9 Å². The van der Waals surface area contributed by atoms with Crippen LogP contribution in [0.3, 0.4) is 0 Å². The summed E-state index contributed by atoms with van der Waals surface area (Å²) in [6.07, 6.45) is 4.24. The Hall–Kier alpha value is -3.41. The van der Waals surface area contributed by atoms with Crippen molar-refractivity contribution in [3.63, 3.8) is 0 Å². The molecule has 1 N–H and O–H groups in total. The topological polar surface area (TPSA) is 73.3 Å². The second-order valence-electron chi connectivity index (χ2n) is 6.31. The van der Waals surface area contributed by atoms with E-state index in [-0.39, 0.29) is 5.91 Å². The lowest BCUT2D eigenvalue weighted by atomic mass is 10.1. The normalized spacial score (nSPS) is 10.4. The number of carbonyl (C=O) groups excluding carboxylic acids is 1. The molecular formula is C23H25N3O3. The molecule has 1 aromatic heterocycles. The molecule has 6 heteroatoms. The number of ether oxygens (including phenoxy) is 2. The first-order chi connectivity index (χ1) is 14.2. The third kappa shape index (κ3) is 5.54. The van der Waals surface area contributed by atoms with Gasteiger partial charge >= 0.3 is 0 Å². The van der Waals surface area contributed by atoms with Crippen LogP contribution in [0.5, 0.6) is 11.5 Å². The van der Waals surface area contributed by atoms with E-state index in [1.54, 1.807) is 30.6 Å². The van der Waals surface area contributed by atoms with E-state index in [1.807, 2.05) is 44.2 Å². The summed E-state index contributed by atoms with van der Waals surface area (Å²) >= 11 is 0. The van der Waals surface area contributed by atoms with Gasteiger partial charge in [0.2, 0.25) is 0 Å². The number of nitrogens with zero attached hydrogens (tertiary/aromatic N) is 2. The molecule has 0 fully saturated rings. The number of carbonyl (C=O) groups is 1. The van der Waals surface area contributed by atoms with E-state index in [1.165, 1.54) is 0 Å². The van der Waals surface area contributed by atoms with Gasteiger partial charge in [0.15, 0.2) is 17.3 Å². The summed E-state index contributed by atoms with van der Waals surface area (Å²) in [5.74, 6) is 1.75. The van der Waals surface area contributed by atoms with Gasteiger partial charge in [0.1, 0.15) is 0 Å². The van der Waals surface area contributed by atoms with Crippen LogP contribution in [0.15, 0.2) is 60.9 Å². The maximum absolute atomic E-state index is 12.5. The Morgan fingerprint density at radius 1 is 0.931 bits per heavy atom. The van der Waals surface area contributed by atoms with E-state index in [0.29, 0.717) is 49.1 Å². The molecule has 0 saturated heterocycles. The molecule has 1 amide bonds. The molecule has 0 aliphatic heterocycles. The monoisotopic (exact) mass is 391 g/mol. The number of amides is 1. The Balaban J connectivity index is 1.56. The van der Waals surface area contributed by atoms with Gasteiger partial charge in [-0.2, -0.15) is 0 Å². The van der Waals surface area contributed by atoms with Crippen LogP contribution in [-0.4, -0.2) is 35.6 Å². The van der Waals surface area contributed by atoms with E-state index in [2.05, 4.69) is 15.3 Å². The minimum absolute atomic E-state index is 0.157. The number of hydrogen-bond donors (Lipinski definition) is 1. The molecule has 1 heterocycles. The molecule has 6 nitrogen and oxygen atoms in total. The Kier molecular flexibility index (Phi) is 7.16. The third-order valence-corrected chi connectivity index (χ3v) is 4.24. The van der Waals surface area contributed by atoms with Crippen molar-refractivity contribution in [2.24, 2.45) is 0 Å². The van der Waals surface area contributed by atoms with Crippen molar-refractivity contribution in [1.82, 2.24) is 15.3 Å². The first-order valence-corrected chi connectivity index (χ1v) is 9.75. The number of hydrogen-bond acceptors (Lipinski definition) is 5. The van der Waals surface area contributed by atoms with Gasteiger partial charge in [0, 0.05) is 30.1 Å². The highest BCUT2D eigenvalue weighted by atomic mass is 16.5. The van der Waals surface area contributed by atoms with Crippen molar-refractivity contribution < 1.29 is 14.3 Å². The molecule has 0 bridgehead atoms. The molecule has 0 spiro atoms.